The Kier molecular flexibility index (Phi) is 5.75. The van der Waals surface area contributed by atoms with Crippen molar-refractivity contribution in [2.75, 3.05) is 13.2 Å². The highest BCUT2D eigenvalue weighted by Gasteiger charge is 2.23. The maximum absolute atomic E-state index is 12.0. The molecule has 4 nitrogen and oxygen atoms in total. The predicted molar refractivity (Wildman–Crippen MR) is 86.2 cm³/mol. The normalized spacial score (nSPS) is 18.5. The number of hydrogen-bond acceptors (Lipinski definition) is 3. The van der Waals surface area contributed by atoms with E-state index in [9.17, 15) is 9.59 Å². The number of likely N-dealkylation sites (tertiary alicyclic amines) is 1. The molecular weight excluding hydrogens is 278 g/mol. The zero-order valence-corrected chi connectivity index (χ0v) is 13.2. The van der Waals surface area contributed by atoms with E-state index in [-0.39, 0.29) is 18.6 Å². The van der Waals surface area contributed by atoms with Crippen LogP contribution < -0.4 is 0 Å². The number of rotatable bonds is 4. The van der Waals surface area contributed by atoms with Gasteiger partial charge in [0.2, 0.25) is 0 Å². The van der Waals surface area contributed by atoms with Crippen LogP contribution in [0.2, 0.25) is 0 Å². The van der Waals surface area contributed by atoms with Crippen molar-refractivity contribution in [2.24, 2.45) is 0 Å². The molecule has 1 amide bonds. The molecule has 0 spiro atoms. The number of piperidine rings is 1. The van der Waals surface area contributed by atoms with E-state index in [1.165, 1.54) is 11.6 Å². The fourth-order valence-electron chi connectivity index (χ4n) is 2.57. The first-order valence-electron chi connectivity index (χ1n) is 7.77. The van der Waals surface area contributed by atoms with Gasteiger partial charge in [-0.05, 0) is 44.7 Å². The molecule has 2 rings (SSSR count). The van der Waals surface area contributed by atoms with Crippen LogP contribution in [-0.2, 0) is 14.3 Å². The Morgan fingerprint density at radius 3 is 2.68 bits per heavy atom. The molecule has 1 heterocycles. The summed E-state index contributed by atoms with van der Waals surface area (Å²) < 4.78 is 5.03. The summed E-state index contributed by atoms with van der Waals surface area (Å²) in [6.45, 7) is 4.63. The van der Waals surface area contributed by atoms with Crippen LogP contribution in [0, 0.1) is 6.92 Å². The lowest BCUT2D eigenvalue weighted by molar-refractivity contribution is -0.149. The van der Waals surface area contributed by atoms with Crippen molar-refractivity contribution in [1.29, 1.82) is 0 Å². The molecule has 1 aliphatic rings. The highest BCUT2D eigenvalue weighted by Crippen LogP contribution is 2.16. The van der Waals surface area contributed by atoms with Gasteiger partial charge in [-0.15, -0.1) is 0 Å². The van der Waals surface area contributed by atoms with Crippen molar-refractivity contribution < 1.29 is 14.3 Å². The average Bonchev–Trinajstić information content (AvgIpc) is 2.52. The standard InChI is InChI=1S/C18H23NO3/c1-14-6-8-16(9-7-14)10-11-18(21)22-13-17(20)19-12-4-3-5-15(19)2/h6-11,15H,3-5,12-13H2,1-2H3/b11-10+. The highest BCUT2D eigenvalue weighted by atomic mass is 16.5. The molecule has 22 heavy (non-hydrogen) atoms. The Balaban J connectivity index is 1.79. The summed E-state index contributed by atoms with van der Waals surface area (Å²) in [6.07, 6.45) is 6.25. The molecule has 0 aromatic heterocycles. The van der Waals surface area contributed by atoms with Gasteiger partial charge in [0, 0.05) is 18.7 Å². The van der Waals surface area contributed by atoms with Crippen molar-refractivity contribution in [3.63, 3.8) is 0 Å². The van der Waals surface area contributed by atoms with Crippen molar-refractivity contribution in [3.05, 3.63) is 41.5 Å². The van der Waals surface area contributed by atoms with Gasteiger partial charge in [0.05, 0.1) is 0 Å². The van der Waals surface area contributed by atoms with Gasteiger partial charge in [-0.2, -0.15) is 0 Å². The minimum absolute atomic E-state index is 0.107. The quantitative estimate of drug-likeness (QED) is 0.634. The Morgan fingerprint density at radius 2 is 2.00 bits per heavy atom. The fraction of sp³-hybridized carbons (Fsp3) is 0.444. The summed E-state index contributed by atoms with van der Waals surface area (Å²) in [5.41, 5.74) is 2.10. The third-order valence-electron chi connectivity index (χ3n) is 3.95. The SMILES string of the molecule is Cc1ccc(/C=C/C(=O)OCC(=O)N2CCCCC2C)cc1. The van der Waals surface area contributed by atoms with Crippen LogP contribution >= 0.6 is 0 Å². The largest absolute Gasteiger partial charge is 0.452 e. The summed E-state index contributed by atoms with van der Waals surface area (Å²) >= 11 is 0. The molecule has 0 saturated carbocycles. The lowest BCUT2D eigenvalue weighted by atomic mass is 10.0. The van der Waals surface area contributed by atoms with E-state index < -0.39 is 5.97 Å². The van der Waals surface area contributed by atoms with Crippen LogP contribution in [0.1, 0.15) is 37.3 Å². The zero-order chi connectivity index (χ0) is 15.9. The second-order valence-corrected chi connectivity index (χ2v) is 5.78. The van der Waals surface area contributed by atoms with E-state index in [2.05, 4.69) is 0 Å². The third-order valence-corrected chi connectivity index (χ3v) is 3.95. The summed E-state index contributed by atoms with van der Waals surface area (Å²) in [5, 5.41) is 0. The number of ether oxygens (including phenoxy) is 1. The van der Waals surface area contributed by atoms with E-state index in [1.54, 1.807) is 11.0 Å². The van der Waals surface area contributed by atoms with E-state index in [0.717, 1.165) is 31.4 Å². The van der Waals surface area contributed by atoms with E-state index >= 15 is 0 Å². The summed E-state index contributed by atoms with van der Waals surface area (Å²) in [4.78, 5) is 25.5. The molecule has 1 unspecified atom stereocenters. The maximum atomic E-state index is 12.0. The Hall–Kier alpha value is -2.10. The van der Waals surface area contributed by atoms with Crippen LogP contribution in [0.15, 0.2) is 30.3 Å². The van der Waals surface area contributed by atoms with Gasteiger partial charge in [-0.1, -0.05) is 29.8 Å². The number of carbonyl (C=O) groups excluding carboxylic acids is 2. The predicted octanol–water partition coefficient (Wildman–Crippen LogP) is 2.95. The number of amides is 1. The zero-order valence-electron chi connectivity index (χ0n) is 13.2. The van der Waals surface area contributed by atoms with Crippen LogP contribution in [0.4, 0.5) is 0 Å². The first-order valence-corrected chi connectivity index (χ1v) is 7.77. The number of carbonyl (C=O) groups is 2. The minimum atomic E-state index is -0.487. The van der Waals surface area contributed by atoms with Gasteiger partial charge in [0.15, 0.2) is 6.61 Å². The van der Waals surface area contributed by atoms with Crippen molar-refractivity contribution in [3.8, 4) is 0 Å². The van der Waals surface area contributed by atoms with Crippen LogP contribution in [0.5, 0.6) is 0 Å². The van der Waals surface area contributed by atoms with E-state index in [1.807, 2.05) is 38.1 Å². The molecule has 1 atom stereocenters. The molecule has 0 N–H and O–H groups in total. The molecule has 0 bridgehead atoms. The van der Waals surface area contributed by atoms with Crippen molar-refractivity contribution in [1.82, 2.24) is 4.90 Å². The molecule has 118 valence electrons. The summed E-state index contributed by atoms with van der Waals surface area (Å²) in [5.74, 6) is -0.595. The van der Waals surface area contributed by atoms with E-state index in [0.29, 0.717) is 0 Å². The monoisotopic (exact) mass is 301 g/mol. The second-order valence-electron chi connectivity index (χ2n) is 5.78. The Morgan fingerprint density at radius 1 is 1.27 bits per heavy atom. The summed E-state index contributed by atoms with van der Waals surface area (Å²) in [6, 6.07) is 8.06. The molecule has 1 fully saturated rings. The van der Waals surface area contributed by atoms with Gasteiger partial charge in [-0.25, -0.2) is 4.79 Å². The Labute approximate surface area is 131 Å². The van der Waals surface area contributed by atoms with E-state index in [4.69, 9.17) is 4.74 Å². The molecule has 0 radical (unpaired) electrons. The van der Waals surface area contributed by atoms with Crippen LogP contribution in [0.3, 0.4) is 0 Å². The topological polar surface area (TPSA) is 46.6 Å². The Bertz CT molecular complexity index is 548. The number of nitrogens with zero attached hydrogens (tertiary/aromatic N) is 1. The van der Waals surface area contributed by atoms with Crippen molar-refractivity contribution >= 4 is 18.0 Å². The third kappa shape index (κ3) is 4.72. The minimum Gasteiger partial charge on any atom is -0.452 e. The lowest BCUT2D eigenvalue weighted by Gasteiger charge is -2.33. The molecule has 1 aromatic carbocycles. The van der Waals surface area contributed by atoms with Crippen LogP contribution in [-0.4, -0.2) is 36.0 Å². The average molecular weight is 301 g/mol. The van der Waals surface area contributed by atoms with Gasteiger partial charge in [0.1, 0.15) is 0 Å². The first-order chi connectivity index (χ1) is 10.6. The molecule has 1 aromatic rings. The number of benzene rings is 1. The lowest BCUT2D eigenvalue weighted by Crippen LogP contribution is -2.44. The number of hydrogen-bond donors (Lipinski definition) is 0. The fourth-order valence-corrected chi connectivity index (χ4v) is 2.57. The highest BCUT2D eigenvalue weighted by molar-refractivity contribution is 5.89. The van der Waals surface area contributed by atoms with Crippen molar-refractivity contribution in [2.45, 2.75) is 39.2 Å². The smallest absolute Gasteiger partial charge is 0.331 e. The molecule has 4 heteroatoms. The number of esters is 1. The number of aryl methyl sites for hydroxylation is 1. The summed E-state index contributed by atoms with van der Waals surface area (Å²) in [7, 11) is 0. The maximum Gasteiger partial charge on any atom is 0.331 e. The molecule has 1 saturated heterocycles. The second kappa shape index (κ2) is 7.78. The first kappa shape index (κ1) is 16.3. The molecular formula is C18H23NO3. The molecule has 0 aliphatic carbocycles. The van der Waals surface area contributed by atoms with Gasteiger partial charge < -0.3 is 9.64 Å². The van der Waals surface area contributed by atoms with Gasteiger partial charge in [-0.3, -0.25) is 4.79 Å². The van der Waals surface area contributed by atoms with Gasteiger partial charge >= 0.3 is 5.97 Å². The van der Waals surface area contributed by atoms with Gasteiger partial charge in [0.25, 0.3) is 5.91 Å². The van der Waals surface area contributed by atoms with Crippen LogP contribution in [0.25, 0.3) is 6.08 Å². The molecule has 1 aliphatic heterocycles.